The van der Waals surface area contributed by atoms with Crippen LogP contribution in [0.1, 0.15) is 25.3 Å². The van der Waals surface area contributed by atoms with Crippen molar-refractivity contribution in [3.05, 3.63) is 29.0 Å². The summed E-state index contributed by atoms with van der Waals surface area (Å²) in [6.07, 6.45) is 4.03. The minimum Gasteiger partial charge on any atom is -0.356 e. The molecule has 0 bridgehead atoms. The van der Waals surface area contributed by atoms with Crippen LogP contribution < -0.4 is 5.32 Å². The van der Waals surface area contributed by atoms with Crippen LogP contribution in [-0.2, 0) is 11.3 Å². The molecule has 0 aliphatic carbocycles. The fourth-order valence-electron chi connectivity index (χ4n) is 2.44. The lowest BCUT2D eigenvalue weighted by molar-refractivity contribution is -0.119. The second kappa shape index (κ2) is 6.87. The van der Waals surface area contributed by atoms with Crippen LogP contribution in [0.25, 0.3) is 0 Å². The van der Waals surface area contributed by atoms with Gasteiger partial charge in [-0.25, -0.2) is 4.98 Å². The monoisotopic (exact) mass is 281 g/mol. The molecule has 0 saturated carbocycles. The number of amides is 1. The molecule has 1 N–H and O–H groups in total. The Hall–Kier alpha value is -1.13. The van der Waals surface area contributed by atoms with Crippen LogP contribution in [0.4, 0.5) is 0 Å². The Kier molecular flexibility index (Phi) is 5.16. The van der Waals surface area contributed by atoms with Crippen LogP contribution in [0.3, 0.4) is 0 Å². The fourth-order valence-corrected chi connectivity index (χ4v) is 2.63. The van der Waals surface area contributed by atoms with Crippen LogP contribution in [0.5, 0.6) is 0 Å². The van der Waals surface area contributed by atoms with Crippen LogP contribution in [0.15, 0.2) is 18.3 Å². The van der Waals surface area contributed by atoms with Gasteiger partial charge in [0.2, 0.25) is 5.91 Å². The van der Waals surface area contributed by atoms with Crippen molar-refractivity contribution >= 4 is 17.5 Å². The highest BCUT2D eigenvalue weighted by Gasteiger charge is 2.19. The quantitative estimate of drug-likeness (QED) is 0.860. The summed E-state index contributed by atoms with van der Waals surface area (Å²) in [4.78, 5) is 17.3. The molecule has 5 heteroatoms. The minimum absolute atomic E-state index is 0.0638. The first-order chi connectivity index (χ1) is 9.13. The summed E-state index contributed by atoms with van der Waals surface area (Å²) in [5, 5.41) is 3.46. The number of hydrogen-bond acceptors (Lipinski definition) is 3. The molecule has 0 aromatic carbocycles. The average molecular weight is 282 g/mol. The number of pyridine rings is 1. The van der Waals surface area contributed by atoms with E-state index in [0.717, 1.165) is 39.0 Å². The molecule has 1 aliphatic heterocycles. The highest BCUT2D eigenvalue weighted by atomic mass is 35.5. The van der Waals surface area contributed by atoms with Crippen molar-refractivity contribution in [2.24, 2.45) is 5.92 Å². The number of rotatable bonds is 4. The minimum atomic E-state index is 0.0638. The fraction of sp³-hybridized carbons (Fsp3) is 0.571. The summed E-state index contributed by atoms with van der Waals surface area (Å²) in [7, 11) is 0. The number of aromatic nitrogens is 1. The molecule has 104 valence electrons. The molecule has 1 fully saturated rings. The summed E-state index contributed by atoms with van der Waals surface area (Å²) >= 11 is 5.89. The van der Waals surface area contributed by atoms with Crippen LogP contribution in [0.2, 0.25) is 5.15 Å². The van der Waals surface area contributed by atoms with Crippen molar-refractivity contribution in [3.63, 3.8) is 0 Å². The van der Waals surface area contributed by atoms with Crippen molar-refractivity contribution in [3.8, 4) is 0 Å². The maximum absolute atomic E-state index is 10.9. The van der Waals surface area contributed by atoms with Gasteiger partial charge in [0.25, 0.3) is 0 Å². The lowest BCUT2D eigenvalue weighted by atomic mass is 9.96. The van der Waals surface area contributed by atoms with E-state index in [0.29, 0.717) is 11.1 Å². The van der Waals surface area contributed by atoms with E-state index in [1.165, 1.54) is 5.56 Å². The highest BCUT2D eigenvalue weighted by molar-refractivity contribution is 6.29. The van der Waals surface area contributed by atoms with Crippen molar-refractivity contribution < 1.29 is 4.79 Å². The molecule has 1 saturated heterocycles. The molecule has 19 heavy (non-hydrogen) atoms. The Balaban J connectivity index is 1.75. The van der Waals surface area contributed by atoms with Crippen molar-refractivity contribution in [1.82, 2.24) is 15.2 Å². The van der Waals surface area contributed by atoms with E-state index in [1.807, 2.05) is 12.1 Å². The van der Waals surface area contributed by atoms with Gasteiger partial charge in [-0.05, 0) is 49.5 Å². The van der Waals surface area contributed by atoms with E-state index in [4.69, 9.17) is 11.6 Å². The van der Waals surface area contributed by atoms with Crippen molar-refractivity contribution in [2.75, 3.05) is 19.6 Å². The summed E-state index contributed by atoms with van der Waals surface area (Å²) in [5.74, 6) is 0.676. The van der Waals surface area contributed by atoms with E-state index in [2.05, 4.69) is 15.2 Å². The molecule has 0 atom stereocenters. The van der Waals surface area contributed by atoms with Crippen LogP contribution in [0, 0.1) is 5.92 Å². The number of halogens is 1. The lowest BCUT2D eigenvalue weighted by Gasteiger charge is -2.32. The van der Waals surface area contributed by atoms with E-state index in [1.54, 1.807) is 13.1 Å². The number of nitrogens with zero attached hydrogens (tertiary/aromatic N) is 2. The van der Waals surface area contributed by atoms with Gasteiger partial charge in [0.1, 0.15) is 5.15 Å². The maximum Gasteiger partial charge on any atom is 0.216 e. The van der Waals surface area contributed by atoms with E-state index < -0.39 is 0 Å². The van der Waals surface area contributed by atoms with Crippen LogP contribution in [-0.4, -0.2) is 35.4 Å². The Morgan fingerprint density at radius 2 is 2.26 bits per heavy atom. The molecule has 2 heterocycles. The summed E-state index contributed by atoms with van der Waals surface area (Å²) in [5.41, 5.74) is 1.21. The normalized spacial score (nSPS) is 17.4. The lowest BCUT2D eigenvalue weighted by Crippen LogP contribution is -2.37. The van der Waals surface area contributed by atoms with Gasteiger partial charge >= 0.3 is 0 Å². The predicted molar refractivity (Wildman–Crippen MR) is 75.9 cm³/mol. The van der Waals surface area contributed by atoms with Gasteiger partial charge in [-0.2, -0.15) is 0 Å². The molecular weight excluding hydrogens is 262 g/mol. The second-order valence-electron chi connectivity index (χ2n) is 5.14. The third-order valence-corrected chi connectivity index (χ3v) is 3.75. The number of piperidine rings is 1. The summed E-state index contributed by atoms with van der Waals surface area (Å²) < 4.78 is 0. The predicted octanol–water partition coefficient (Wildman–Crippen LogP) is 2.08. The van der Waals surface area contributed by atoms with Gasteiger partial charge in [-0.15, -0.1) is 0 Å². The average Bonchev–Trinajstić information content (AvgIpc) is 2.38. The standard InChI is InChI=1S/C14H20ClN3O/c1-11(19)17-9-12-3-6-18(7-4-12)10-13-2-5-16-14(15)8-13/h2,5,8,12H,3-4,6-7,9-10H2,1H3,(H,17,19). The molecule has 1 aliphatic rings. The maximum atomic E-state index is 10.9. The Morgan fingerprint density at radius 3 is 2.89 bits per heavy atom. The largest absolute Gasteiger partial charge is 0.356 e. The summed E-state index contributed by atoms with van der Waals surface area (Å²) in [6.45, 7) is 5.45. The molecule has 2 rings (SSSR count). The number of hydrogen-bond donors (Lipinski definition) is 1. The summed E-state index contributed by atoms with van der Waals surface area (Å²) in [6, 6.07) is 3.93. The number of carbonyl (C=O) groups is 1. The Morgan fingerprint density at radius 1 is 1.53 bits per heavy atom. The molecule has 1 aromatic rings. The topological polar surface area (TPSA) is 45.2 Å². The Bertz CT molecular complexity index is 430. The zero-order chi connectivity index (χ0) is 13.7. The first kappa shape index (κ1) is 14.3. The van der Waals surface area contributed by atoms with Gasteiger partial charge in [0.15, 0.2) is 0 Å². The van der Waals surface area contributed by atoms with Crippen LogP contribution >= 0.6 is 11.6 Å². The zero-order valence-corrected chi connectivity index (χ0v) is 12.0. The molecule has 0 spiro atoms. The van der Waals surface area contributed by atoms with Gasteiger partial charge in [-0.3, -0.25) is 9.69 Å². The van der Waals surface area contributed by atoms with E-state index in [-0.39, 0.29) is 5.91 Å². The van der Waals surface area contributed by atoms with Gasteiger partial charge in [-0.1, -0.05) is 11.6 Å². The molecule has 4 nitrogen and oxygen atoms in total. The third-order valence-electron chi connectivity index (χ3n) is 3.54. The second-order valence-corrected chi connectivity index (χ2v) is 5.53. The SMILES string of the molecule is CC(=O)NCC1CCN(Cc2ccnc(Cl)c2)CC1. The highest BCUT2D eigenvalue weighted by Crippen LogP contribution is 2.19. The number of carbonyl (C=O) groups excluding carboxylic acids is 1. The van der Waals surface area contributed by atoms with E-state index >= 15 is 0 Å². The molecule has 0 unspecified atom stereocenters. The first-order valence-electron chi connectivity index (χ1n) is 6.70. The first-order valence-corrected chi connectivity index (χ1v) is 7.08. The van der Waals surface area contributed by atoms with Gasteiger partial charge in [0.05, 0.1) is 0 Å². The molecule has 0 radical (unpaired) electrons. The van der Waals surface area contributed by atoms with Gasteiger partial charge in [0, 0.05) is 26.2 Å². The number of nitrogens with one attached hydrogen (secondary N) is 1. The Labute approximate surface area is 119 Å². The van der Waals surface area contributed by atoms with E-state index in [9.17, 15) is 4.79 Å². The molecule has 1 amide bonds. The van der Waals surface area contributed by atoms with Crippen molar-refractivity contribution in [2.45, 2.75) is 26.3 Å². The third kappa shape index (κ3) is 4.80. The number of likely N-dealkylation sites (tertiary alicyclic amines) is 1. The molecule has 1 aromatic heterocycles. The zero-order valence-electron chi connectivity index (χ0n) is 11.2. The van der Waals surface area contributed by atoms with Crippen molar-refractivity contribution in [1.29, 1.82) is 0 Å². The van der Waals surface area contributed by atoms with Gasteiger partial charge < -0.3 is 5.32 Å². The molecular formula is C14H20ClN3O. The smallest absolute Gasteiger partial charge is 0.216 e.